The molecular formula is C30H27F2NO3. The van der Waals surface area contributed by atoms with E-state index >= 15 is 0 Å². The van der Waals surface area contributed by atoms with Crippen LogP contribution in [0.1, 0.15) is 26.2 Å². The van der Waals surface area contributed by atoms with E-state index in [1.165, 1.54) is 18.6 Å². The second kappa shape index (κ2) is 10.3. The number of aromatic hydroxyl groups is 1. The SMILES string of the molecule is CC(Oc1ccc(Oc2c(-c3cc(F)cc(F)c3)ccc3cc(O)ccc23)cc1)N1C=CCCCC1. The molecule has 1 heterocycles. The van der Waals surface area contributed by atoms with Crippen molar-refractivity contribution in [2.75, 3.05) is 6.54 Å². The molecule has 0 aliphatic carbocycles. The van der Waals surface area contributed by atoms with Crippen LogP contribution in [0.2, 0.25) is 0 Å². The first-order valence-corrected chi connectivity index (χ1v) is 12.1. The summed E-state index contributed by atoms with van der Waals surface area (Å²) in [7, 11) is 0. The van der Waals surface area contributed by atoms with Crippen LogP contribution in [0.15, 0.2) is 85.1 Å². The zero-order valence-corrected chi connectivity index (χ0v) is 20.0. The third-order valence-corrected chi connectivity index (χ3v) is 6.28. The molecule has 0 aromatic heterocycles. The highest BCUT2D eigenvalue weighted by molar-refractivity contribution is 5.96. The smallest absolute Gasteiger partial charge is 0.169 e. The van der Waals surface area contributed by atoms with E-state index < -0.39 is 11.6 Å². The quantitative estimate of drug-likeness (QED) is 0.299. The van der Waals surface area contributed by atoms with Crippen LogP contribution in [0.25, 0.3) is 21.9 Å². The van der Waals surface area contributed by atoms with Crippen molar-refractivity contribution in [3.63, 3.8) is 0 Å². The molecule has 5 rings (SSSR count). The van der Waals surface area contributed by atoms with E-state index in [1.807, 2.05) is 19.1 Å². The monoisotopic (exact) mass is 487 g/mol. The van der Waals surface area contributed by atoms with Gasteiger partial charge in [-0.15, -0.1) is 0 Å². The van der Waals surface area contributed by atoms with Gasteiger partial charge in [-0.05, 0) is 104 Å². The van der Waals surface area contributed by atoms with Gasteiger partial charge in [0, 0.05) is 23.6 Å². The van der Waals surface area contributed by atoms with Gasteiger partial charge in [0.25, 0.3) is 0 Å². The minimum absolute atomic E-state index is 0.105. The van der Waals surface area contributed by atoms with Crippen LogP contribution in [0.4, 0.5) is 8.78 Å². The van der Waals surface area contributed by atoms with Crippen LogP contribution in [-0.2, 0) is 0 Å². The molecule has 0 radical (unpaired) electrons. The molecule has 0 amide bonds. The Hall–Kier alpha value is -4.06. The molecular weight excluding hydrogens is 460 g/mol. The number of halogens is 2. The molecule has 1 aliphatic heterocycles. The van der Waals surface area contributed by atoms with Crippen LogP contribution >= 0.6 is 0 Å². The largest absolute Gasteiger partial charge is 0.508 e. The van der Waals surface area contributed by atoms with Gasteiger partial charge >= 0.3 is 0 Å². The average molecular weight is 488 g/mol. The van der Waals surface area contributed by atoms with Crippen molar-refractivity contribution in [3.05, 3.63) is 96.7 Å². The predicted octanol–water partition coefficient (Wildman–Crippen LogP) is 8.01. The highest BCUT2D eigenvalue weighted by atomic mass is 19.1. The van der Waals surface area contributed by atoms with E-state index in [1.54, 1.807) is 42.5 Å². The van der Waals surface area contributed by atoms with Gasteiger partial charge in [0.2, 0.25) is 0 Å². The number of hydrogen-bond donors (Lipinski definition) is 1. The van der Waals surface area contributed by atoms with Gasteiger partial charge in [0.05, 0.1) is 0 Å². The highest BCUT2D eigenvalue weighted by Crippen LogP contribution is 2.41. The van der Waals surface area contributed by atoms with Crippen molar-refractivity contribution < 1.29 is 23.4 Å². The second-order valence-electron chi connectivity index (χ2n) is 8.91. The van der Waals surface area contributed by atoms with E-state index in [2.05, 4.69) is 17.2 Å². The third kappa shape index (κ3) is 5.28. The van der Waals surface area contributed by atoms with E-state index in [4.69, 9.17) is 9.47 Å². The zero-order chi connectivity index (χ0) is 25.1. The summed E-state index contributed by atoms with van der Waals surface area (Å²) in [6.45, 7) is 2.98. The minimum Gasteiger partial charge on any atom is -0.508 e. The predicted molar refractivity (Wildman–Crippen MR) is 137 cm³/mol. The number of benzene rings is 4. The fraction of sp³-hybridized carbons (Fsp3) is 0.200. The van der Waals surface area contributed by atoms with Gasteiger partial charge in [0.15, 0.2) is 6.23 Å². The highest BCUT2D eigenvalue weighted by Gasteiger charge is 2.16. The molecule has 184 valence electrons. The number of allylic oxidation sites excluding steroid dienone is 1. The first kappa shape index (κ1) is 23.7. The Morgan fingerprint density at radius 1 is 0.861 bits per heavy atom. The molecule has 1 atom stereocenters. The van der Waals surface area contributed by atoms with Crippen LogP contribution in [0.5, 0.6) is 23.0 Å². The van der Waals surface area contributed by atoms with Crippen molar-refractivity contribution in [2.24, 2.45) is 0 Å². The Morgan fingerprint density at radius 2 is 1.61 bits per heavy atom. The molecule has 4 aromatic carbocycles. The lowest BCUT2D eigenvalue weighted by atomic mass is 9.99. The van der Waals surface area contributed by atoms with E-state index in [-0.39, 0.29) is 12.0 Å². The molecule has 0 bridgehead atoms. The first-order valence-electron chi connectivity index (χ1n) is 12.1. The standard InChI is InChI=1S/C30H27F2NO3/c1-20(33-14-4-2-3-5-15-33)35-26-8-10-27(11-9-26)36-30-28-13-7-25(34)18-21(28)6-12-29(30)22-16-23(31)19-24(32)17-22/h4,6-14,16-20,34H,2-3,5,15H2,1H3. The Balaban J connectivity index is 1.44. The van der Waals surface area contributed by atoms with Crippen molar-refractivity contribution in [3.8, 4) is 34.1 Å². The number of nitrogens with zero attached hydrogens (tertiary/aromatic N) is 1. The zero-order valence-electron chi connectivity index (χ0n) is 20.0. The topological polar surface area (TPSA) is 41.9 Å². The number of rotatable bonds is 6. The number of phenolic OH excluding ortho intramolecular Hbond substituents is 1. The average Bonchev–Trinajstić information content (AvgIpc) is 3.14. The molecule has 1 unspecified atom stereocenters. The summed E-state index contributed by atoms with van der Waals surface area (Å²) in [6, 6.07) is 19.1. The molecule has 6 heteroatoms. The van der Waals surface area contributed by atoms with Crippen molar-refractivity contribution in [1.82, 2.24) is 4.90 Å². The Labute approximate surface area is 209 Å². The molecule has 1 aliphatic rings. The summed E-state index contributed by atoms with van der Waals surface area (Å²) < 4.78 is 40.4. The van der Waals surface area contributed by atoms with Gasteiger partial charge in [-0.3, -0.25) is 0 Å². The molecule has 1 N–H and O–H groups in total. The van der Waals surface area contributed by atoms with E-state index in [0.29, 0.717) is 33.8 Å². The van der Waals surface area contributed by atoms with Crippen LogP contribution in [0.3, 0.4) is 0 Å². The van der Waals surface area contributed by atoms with Crippen LogP contribution < -0.4 is 9.47 Å². The molecule has 0 saturated heterocycles. The molecule has 0 fully saturated rings. The van der Waals surface area contributed by atoms with Crippen LogP contribution in [0, 0.1) is 11.6 Å². The molecule has 0 spiro atoms. The van der Waals surface area contributed by atoms with Gasteiger partial charge < -0.3 is 19.5 Å². The lowest BCUT2D eigenvalue weighted by Crippen LogP contribution is -2.33. The summed E-state index contributed by atoms with van der Waals surface area (Å²) in [5.41, 5.74) is 0.894. The second-order valence-corrected chi connectivity index (χ2v) is 8.91. The van der Waals surface area contributed by atoms with Crippen molar-refractivity contribution in [1.29, 1.82) is 0 Å². The van der Waals surface area contributed by atoms with Gasteiger partial charge in [0.1, 0.15) is 34.6 Å². The van der Waals surface area contributed by atoms with Gasteiger partial charge in [-0.1, -0.05) is 12.1 Å². The van der Waals surface area contributed by atoms with Crippen molar-refractivity contribution >= 4 is 10.8 Å². The Morgan fingerprint density at radius 3 is 2.39 bits per heavy atom. The summed E-state index contributed by atoms with van der Waals surface area (Å²) in [6.07, 6.45) is 7.58. The molecule has 4 nitrogen and oxygen atoms in total. The number of phenols is 1. The minimum atomic E-state index is -0.670. The summed E-state index contributed by atoms with van der Waals surface area (Å²) in [5, 5.41) is 11.4. The van der Waals surface area contributed by atoms with Crippen molar-refractivity contribution in [2.45, 2.75) is 32.4 Å². The van der Waals surface area contributed by atoms with E-state index in [9.17, 15) is 13.9 Å². The summed E-state index contributed by atoms with van der Waals surface area (Å²) in [4.78, 5) is 2.19. The number of fused-ring (bicyclic) bond motifs is 1. The summed E-state index contributed by atoms with van der Waals surface area (Å²) >= 11 is 0. The fourth-order valence-electron chi connectivity index (χ4n) is 4.45. The number of hydrogen-bond acceptors (Lipinski definition) is 4. The molecule has 36 heavy (non-hydrogen) atoms. The van der Waals surface area contributed by atoms with E-state index in [0.717, 1.165) is 30.8 Å². The fourth-order valence-corrected chi connectivity index (χ4v) is 4.45. The molecule has 4 aromatic rings. The maximum Gasteiger partial charge on any atom is 0.169 e. The maximum absolute atomic E-state index is 14.0. The lowest BCUT2D eigenvalue weighted by molar-refractivity contribution is 0.0778. The maximum atomic E-state index is 14.0. The summed E-state index contributed by atoms with van der Waals surface area (Å²) in [5.74, 6) is 0.474. The first-order chi connectivity index (χ1) is 17.5. The third-order valence-electron chi connectivity index (χ3n) is 6.28. The Kier molecular flexibility index (Phi) is 6.76. The lowest BCUT2D eigenvalue weighted by Gasteiger charge is -2.27. The van der Waals surface area contributed by atoms with Gasteiger partial charge in [-0.25, -0.2) is 8.78 Å². The normalized spacial score (nSPS) is 14.5. The Bertz CT molecular complexity index is 1380. The van der Waals surface area contributed by atoms with Gasteiger partial charge in [-0.2, -0.15) is 0 Å². The number of ether oxygens (including phenoxy) is 2. The molecule has 0 saturated carbocycles. The van der Waals surface area contributed by atoms with Crippen LogP contribution in [-0.4, -0.2) is 22.8 Å².